The van der Waals surface area contributed by atoms with Crippen molar-refractivity contribution in [2.75, 3.05) is 25.0 Å². The van der Waals surface area contributed by atoms with Crippen LogP contribution in [0.1, 0.15) is 12.8 Å². The maximum Gasteiger partial charge on any atom is 0.245 e. The molecule has 5 nitrogen and oxygen atoms in total. The van der Waals surface area contributed by atoms with Crippen molar-refractivity contribution in [3.05, 3.63) is 22.8 Å². The monoisotopic (exact) mass is 309 g/mol. The Hall–Kier alpha value is -1.14. The quantitative estimate of drug-likeness (QED) is 0.937. The summed E-state index contributed by atoms with van der Waals surface area (Å²) in [6, 6.07) is 4.50. The van der Waals surface area contributed by atoms with Crippen molar-refractivity contribution in [2.24, 2.45) is 0 Å². The van der Waals surface area contributed by atoms with Gasteiger partial charge in [0.15, 0.2) is 5.65 Å². The molecule has 0 saturated carbocycles. The van der Waals surface area contributed by atoms with Crippen LogP contribution in [0.2, 0.25) is 0 Å². The summed E-state index contributed by atoms with van der Waals surface area (Å²) < 4.78 is 2.81. The maximum atomic E-state index is 4.52. The molecule has 3 heterocycles. The van der Waals surface area contributed by atoms with Gasteiger partial charge in [0, 0.05) is 30.3 Å². The van der Waals surface area contributed by atoms with E-state index in [1.807, 2.05) is 25.4 Å². The van der Waals surface area contributed by atoms with Crippen LogP contribution < -0.4 is 10.2 Å². The summed E-state index contributed by atoms with van der Waals surface area (Å²) in [5.74, 6) is 0.779. The predicted octanol–water partition coefficient (Wildman–Crippen LogP) is 1.68. The van der Waals surface area contributed by atoms with Gasteiger partial charge in [-0.05, 0) is 47.4 Å². The molecule has 1 unspecified atom stereocenters. The van der Waals surface area contributed by atoms with E-state index in [-0.39, 0.29) is 0 Å². The first-order valence-corrected chi connectivity index (χ1v) is 6.98. The molecule has 1 atom stereocenters. The molecule has 0 bridgehead atoms. The van der Waals surface area contributed by atoms with Crippen molar-refractivity contribution in [2.45, 2.75) is 18.9 Å². The third-order valence-corrected chi connectivity index (χ3v) is 3.75. The van der Waals surface area contributed by atoms with E-state index in [9.17, 15) is 0 Å². The molecule has 1 N–H and O–H groups in total. The Labute approximate surface area is 114 Å². The normalized spacial score (nSPS) is 19.6. The van der Waals surface area contributed by atoms with E-state index in [1.54, 1.807) is 4.52 Å². The Bertz CT molecular complexity index is 546. The zero-order valence-electron chi connectivity index (χ0n) is 10.3. The minimum Gasteiger partial charge on any atom is -0.341 e. The Balaban J connectivity index is 1.80. The summed E-state index contributed by atoms with van der Waals surface area (Å²) in [5, 5.41) is 7.98. The van der Waals surface area contributed by atoms with Gasteiger partial charge >= 0.3 is 0 Å². The van der Waals surface area contributed by atoms with Gasteiger partial charge in [-0.3, -0.25) is 0 Å². The minimum atomic E-state index is 0.563. The van der Waals surface area contributed by atoms with Crippen LogP contribution in [0.5, 0.6) is 0 Å². The molecule has 0 radical (unpaired) electrons. The second-order valence-electron chi connectivity index (χ2n) is 4.74. The highest BCUT2D eigenvalue weighted by Crippen LogP contribution is 2.15. The lowest BCUT2D eigenvalue weighted by molar-refractivity contribution is 0.594. The number of nitrogens with zero attached hydrogens (tertiary/aromatic N) is 4. The van der Waals surface area contributed by atoms with Gasteiger partial charge in [-0.25, -0.2) is 4.52 Å². The fraction of sp³-hybridized carbons (Fsp3) is 0.500. The Morgan fingerprint density at radius 3 is 3.22 bits per heavy atom. The average Bonchev–Trinajstić information content (AvgIpc) is 2.96. The molecule has 0 amide bonds. The molecule has 1 aliphatic heterocycles. The lowest BCUT2D eigenvalue weighted by Crippen LogP contribution is -2.35. The molecule has 1 fully saturated rings. The Morgan fingerprint density at radius 2 is 2.44 bits per heavy atom. The fourth-order valence-electron chi connectivity index (χ4n) is 2.33. The van der Waals surface area contributed by atoms with Gasteiger partial charge in [-0.1, -0.05) is 0 Å². The zero-order valence-corrected chi connectivity index (χ0v) is 11.9. The number of fused-ring (bicyclic) bond motifs is 1. The Morgan fingerprint density at radius 1 is 1.56 bits per heavy atom. The smallest absolute Gasteiger partial charge is 0.245 e. The maximum absolute atomic E-state index is 4.52. The highest BCUT2D eigenvalue weighted by molar-refractivity contribution is 9.10. The van der Waals surface area contributed by atoms with Gasteiger partial charge in [0.1, 0.15) is 0 Å². The largest absolute Gasteiger partial charge is 0.341 e. The van der Waals surface area contributed by atoms with Crippen molar-refractivity contribution < 1.29 is 0 Å². The molecule has 0 spiro atoms. The van der Waals surface area contributed by atoms with Gasteiger partial charge < -0.3 is 10.2 Å². The van der Waals surface area contributed by atoms with Crippen LogP contribution in [0.15, 0.2) is 22.8 Å². The van der Waals surface area contributed by atoms with Crippen LogP contribution in [-0.4, -0.2) is 40.8 Å². The van der Waals surface area contributed by atoms with E-state index in [0.29, 0.717) is 6.04 Å². The average molecular weight is 310 g/mol. The SMILES string of the molecule is CN(CC1CCCN1)c1nc2ccc(Br)cn2n1. The standard InChI is InChI=1S/C12H16BrN5/c1-17(8-10-3-2-6-14-10)12-15-11-5-4-9(13)7-18(11)16-12/h4-5,7,10,14H,2-3,6,8H2,1H3. The summed E-state index contributed by atoms with van der Waals surface area (Å²) >= 11 is 3.44. The van der Waals surface area contributed by atoms with Crippen LogP contribution in [-0.2, 0) is 0 Å². The molecule has 2 aromatic rings. The molecule has 2 aromatic heterocycles. The fourth-order valence-corrected chi connectivity index (χ4v) is 2.66. The van der Waals surface area contributed by atoms with Crippen LogP contribution >= 0.6 is 15.9 Å². The highest BCUT2D eigenvalue weighted by Gasteiger charge is 2.18. The van der Waals surface area contributed by atoms with Gasteiger partial charge in [-0.2, -0.15) is 4.98 Å². The number of nitrogens with one attached hydrogen (secondary N) is 1. The van der Waals surface area contributed by atoms with E-state index < -0.39 is 0 Å². The van der Waals surface area contributed by atoms with E-state index in [2.05, 4.69) is 36.2 Å². The number of halogens is 1. The molecule has 0 aromatic carbocycles. The topological polar surface area (TPSA) is 45.5 Å². The van der Waals surface area contributed by atoms with Crippen LogP contribution in [0.4, 0.5) is 5.95 Å². The van der Waals surface area contributed by atoms with Crippen molar-refractivity contribution in [3.63, 3.8) is 0 Å². The summed E-state index contributed by atoms with van der Waals surface area (Å²) in [6.07, 6.45) is 4.43. The summed E-state index contributed by atoms with van der Waals surface area (Å²) in [5.41, 5.74) is 0.874. The third-order valence-electron chi connectivity index (χ3n) is 3.28. The van der Waals surface area contributed by atoms with Crippen LogP contribution in [0.3, 0.4) is 0 Å². The molecule has 1 saturated heterocycles. The van der Waals surface area contributed by atoms with E-state index in [4.69, 9.17) is 0 Å². The number of hydrogen-bond acceptors (Lipinski definition) is 4. The lowest BCUT2D eigenvalue weighted by atomic mass is 10.2. The number of anilines is 1. The number of likely N-dealkylation sites (N-methyl/N-ethyl adjacent to an activating group) is 1. The van der Waals surface area contributed by atoms with E-state index >= 15 is 0 Å². The summed E-state index contributed by atoms with van der Waals surface area (Å²) in [4.78, 5) is 6.64. The van der Waals surface area contributed by atoms with Crippen LogP contribution in [0.25, 0.3) is 5.65 Å². The predicted molar refractivity (Wildman–Crippen MR) is 75.0 cm³/mol. The van der Waals surface area contributed by atoms with Gasteiger partial charge in [0.05, 0.1) is 0 Å². The number of pyridine rings is 1. The molecule has 96 valence electrons. The second-order valence-corrected chi connectivity index (χ2v) is 5.65. The molecule has 18 heavy (non-hydrogen) atoms. The molecule has 0 aliphatic carbocycles. The first-order valence-electron chi connectivity index (χ1n) is 6.19. The first-order chi connectivity index (χ1) is 8.72. The number of hydrogen-bond donors (Lipinski definition) is 1. The number of aromatic nitrogens is 3. The van der Waals surface area contributed by atoms with Crippen molar-refractivity contribution in [3.8, 4) is 0 Å². The van der Waals surface area contributed by atoms with Gasteiger partial charge in [0.25, 0.3) is 0 Å². The zero-order chi connectivity index (χ0) is 12.5. The van der Waals surface area contributed by atoms with Gasteiger partial charge in [0.2, 0.25) is 5.95 Å². The third kappa shape index (κ3) is 2.35. The van der Waals surface area contributed by atoms with E-state index in [1.165, 1.54) is 12.8 Å². The summed E-state index contributed by atoms with van der Waals surface area (Å²) in [6.45, 7) is 2.09. The minimum absolute atomic E-state index is 0.563. The second kappa shape index (κ2) is 4.85. The van der Waals surface area contributed by atoms with Gasteiger partial charge in [-0.15, -0.1) is 5.10 Å². The summed E-state index contributed by atoms with van der Waals surface area (Å²) in [7, 11) is 2.05. The lowest BCUT2D eigenvalue weighted by Gasteiger charge is -2.19. The van der Waals surface area contributed by atoms with Crippen molar-refractivity contribution >= 4 is 27.5 Å². The Kier molecular flexibility index (Phi) is 3.22. The molecule has 6 heteroatoms. The van der Waals surface area contributed by atoms with E-state index in [0.717, 1.165) is 29.2 Å². The van der Waals surface area contributed by atoms with Crippen molar-refractivity contribution in [1.29, 1.82) is 0 Å². The molecule has 3 rings (SSSR count). The molecular formula is C12H16BrN5. The number of rotatable bonds is 3. The molecular weight excluding hydrogens is 294 g/mol. The van der Waals surface area contributed by atoms with Crippen molar-refractivity contribution in [1.82, 2.24) is 19.9 Å². The molecule has 1 aliphatic rings. The first kappa shape index (κ1) is 11.9. The van der Waals surface area contributed by atoms with Crippen LogP contribution in [0, 0.1) is 0 Å². The highest BCUT2D eigenvalue weighted by atomic mass is 79.9.